The highest BCUT2D eigenvalue weighted by Crippen LogP contribution is 2.15. The molecule has 80 valence electrons. The van der Waals surface area contributed by atoms with E-state index in [1.54, 1.807) is 0 Å². The Morgan fingerprint density at radius 3 is 2.23 bits per heavy atom. The maximum atomic E-state index is 9.79. The molecule has 13 heavy (non-hydrogen) atoms. The maximum Gasteiger partial charge on any atom is 0.128 e. The zero-order valence-electron chi connectivity index (χ0n) is 8.92. The van der Waals surface area contributed by atoms with E-state index in [0.717, 1.165) is 32.1 Å². The predicted molar refractivity (Wildman–Crippen MR) is 56.2 cm³/mol. The first-order valence-electron chi connectivity index (χ1n) is 5.31. The molecule has 0 saturated heterocycles. The van der Waals surface area contributed by atoms with Gasteiger partial charge in [0.2, 0.25) is 0 Å². The third kappa shape index (κ3) is 5.24. The third-order valence-electron chi connectivity index (χ3n) is 2.44. The average Bonchev–Trinajstić information content (AvgIpc) is 2.10. The van der Waals surface area contributed by atoms with Gasteiger partial charge in [-0.2, -0.15) is 0 Å². The number of rotatable bonds is 7. The van der Waals surface area contributed by atoms with Crippen LogP contribution >= 0.6 is 0 Å². The number of hydrogen-bond acceptors (Lipinski definition) is 3. The van der Waals surface area contributed by atoms with Gasteiger partial charge in [-0.05, 0) is 19.3 Å². The van der Waals surface area contributed by atoms with Gasteiger partial charge >= 0.3 is 0 Å². The molecule has 0 heterocycles. The van der Waals surface area contributed by atoms with Crippen LogP contribution in [0.4, 0.5) is 0 Å². The summed E-state index contributed by atoms with van der Waals surface area (Å²) >= 11 is 0. The van der Waals surface area contributed by atoms with Gasteiger partial charge in [-0.3, -0.25) is 0 Å². The Labute approximate surface area is 81.5 Å². The molecule has 0 amide bonds. The normalized spacial score (nSPS) is 18.2. The molecule has 0 aliphatic heterocycles. The maximum absolute atomic E-state index is 9.79. The molecule has 3 heteroatoms. The molecule has 0 aromatic heterocycles. The molecule has 2 atom stereocenters. The minimum absolute atomic E-state index is 0.279. The Hall–Kier alpha value is -0.120. The zero-order valence-corrected chi connectivity index (χ0v) is 8.92. The Morgan fingerprint density at radius 2 is 1.77 bits per heavy atom. The van der Waals surface area contributed by atoms with Crippen LogP contribution < -0.4 is 11.5 Å². The van der Waals surface area contributed by atoms with Crippen LogP contribution in [0.1, 0.15) is 52.4 Å². The molecule has 0 spiro atoms. The van der Waals surface area contributed by atoms with Gasteiger partial charge in [0.25, 0.3) is 0 Å². The van der Waals surface area contributed by atoms with E-state index in [9.17, 15) is 5.11 Å². The number of hydrogen-bond donors (Lipinski definition) is 3. The summed E-state index contributed by atoms with van der Waals surface area (Å²) in [6.07, 6.45) is 5.53. The second-order valence-corrected chi connectivity index (χ2v) is 3.84. The summed E-state index contributed by atoms with van der Waals surface area (Å²) in [7, 11) is 0. The van der Waals surface area contributed by atoms with Gasteiger partial charge in [-0.15, -0.1) is 0 Å². The Kier molecular flexibility index (Phi) is 6.29. The minimum atomic E-state index is -1.16. The molecule has 0 rings (SSSR count). The summed E-state index contributed by atoms with van der Waals surface area (Å²) < 4.78 is 0. The molecule has 0 aliphatic carbocycles. The second-order valence-electron chi connectivity index (χ2n) is 3.84. The van der Waals surface area contributed by atoms with E-state index < -0.39 is 5.72 Å². The molecule has 3 nitrogen and oxygen atoms in total. The van der Waals surface area contributed by atoms with E-state index in [2.05, 4.69) is 13.8 Å². The topological polar surface area (TPSA) is 72.3 Å². The molecule has 0 saturated carbocycles. The fraction of sp³-hybridized carbons (Fsp3) is 1.00. The van der Waals surface area contributed by atoms with Crippen LogP contribution in [-0.4, -0.2) is 16.9 Å². The first-order valence-corrected chi connectivity index (χ1v) is 5.31. The lowest BCUT2D eigenvalue weighted by Crippen LogP contribution is -2.55. The van der Waals surface area contributed by atoms with Gasteiger partial charge in [0.1, 0.15) is 5.72 Å². The first-order chi connectivity index (χ1) is 6.04. The molecule has 0 bridgehead atoms. The lowest BCUT2D eigenvalue weighted by Gasteiger charge is -2.29. The van der Waals surface area contributed by atoms with Crippen LogP contribution in [0.15, 0.2) is 0 Å². The van der Waals surface area contributed by atoms with Gasteiger partial charge in [-0.1, -0.05) is 33.1 Å². The van der Waals surface area contributed by atoms with Crippen molar-refractivity contribution in [3.8, 4) is 0 Å². The summed E-state index contributed by atoms with van der Waals surface area (Å²) in [6.45, 7) is 4.18. The smallest absolute Gasteiger partial charge is 0.128 e. The number of unbranched alkanes of at least 4 members (excludes halogenated alkanes) is 2. The Morgan fingerprint density at radius 1 is 1.23 bits per heavy atom. The number of nitrogens with two attached hydrogens (primary N) is 2. The van der Waals surface area contributed by atoms with Crippen molar-refractivity contribution in [2.75, 3.05) is 0 Å². The van der Waals surface area contributed by atoms with E-state index in [0.29, 0.717) is 6.42 Å². The molecule has 2 unspecified atom stereocenters. The van der Waals surface area contributed by atoms with Gasteiger partial charge in [0.05, 0.1) is 0 Å². The van der Waals surface area contributed by atoms with Crippen LogP contribution in [0.3, 0.4) is 0 Å². The van der Waals surface area contributed by atoms with Crippen LogP contribution in [0.25, 0.3) is 0 Å². The highest BCUT2D eigenvalue weighted by atomic mass is 16.3. The van der Waals surface area contributed by atoms with Crippen molar-refractivity contribution in [3.05, 3.63) is 0 Å². The molecule has 0 radical (unpaired) electrons. The quantitative estimate of drug-likeness (QED) is 0.528. The van der Waals surface area contributed by atoms with Crippen molar-refractivity contribution >= 4 is 0 Å². The fourth-order valence-electron chi connectivity index (χ4n) is 1.32. The van der Waals surface area contributed by atoms with E-state index >= 15 is 0 Å². The highest BCUT2D eigenvalue weighted by molar-refractivity contribution is 4.83. The molecule has 0 aliphatic rings. The summed E-state index contributed by atoms with van der Waals surface area (Å²) in [5, 5.41) is 9.79. The molecule has 0 fully saturated rings. The van der Waals surface area contributed by atoms with Gasteiger partial charge in [0.15, 0.2) is 0 Å². The molecule has 0 aromatic carbocycles. The highest BCUT2D eigenvalue weighted by Gasteiger charge is 2.27. The van der Waals surface area contributed by atoms with Crippen molar-refractivity contribution in [1.82, 2.24) is 0 Å². The van der Waals surface area contributed by atoms with E-state index in [4.69, 9.17) is 11.5 Å². The van der Waals surface area contributed by atoms with Gasteiger partial charge < -0.3 is 16.6 Å². The molecule has 0 aromatic rings. The van der Waals surface area contributed by atoms with Gasteiger partial charge in [-0.25, -0.2) is 0 Å². The summed E-state index contributed by atoms with van der Waals surface area (Å²) in [6, 6.07) is -0.279. The zero-order chi connectivity index (χ0) is 10.3. The lowest BCUT2D eigenvalue weighted by molar-refractivity contribution is 0.00673. The Balaban J connectivity index is 3.80. The molecular weight excluding hydrogens is 164 g/mol. The summed E-state index contributed by atoms with van der Waals surface area (Å²) in [4.78, 5) is 0. The standard InChI is InChI=1S/C10H24N2O/c1-3-5-7-9(11)10(12,13)8-6-4-2/h9,13H,3-8,11-12H2,1-2H3. The minimum Gasteiger partial charge on any atom is -0.374 e. The van der Waals surface area contributed by atoms with E-state index in [1.165, 1.54) is 0 Å². The fourth-order valence-corrected chi connectivity index (χ4v) is 1.32. The van der Waals surface area contributed by atoms with Crippen molar-refractivity contribution in [1.29, 1.82) is 0 Å². The second kappa shape index (κ2) is 6.35. The predicted octanol–water partition coefficient (Wildman–Crippen LogP) is 1.34. The van der Waals surface area contributed by atoms with Crippen LogP contribution in [0.2, 0.25) is 0 Å². The summed E-state index contributed by atoms with van der Waals surface area (Å²) in [5.74, 6) is 0. The van der Waals surface area contributed by atoms with Crippen molar-refractivity contribution < 1.29 is 5.11 Å². The van der Waals surface area contributed by atoms with Crippen molar-refractivity contribution in [2.45, 2.75) is 64.1 Å². The van der Waals surface area contributed by atoms with Crippen molar-refractivity contribution in [2.24, 2.45) is 11.5 Å². The van der Waals surface area contributed by atoms with E-state index in [1.807, 2.05) is 0 Å². The number of aliphatic hydroxyl groups is 1. The third-order valence-corrected chi connectivity index (χ3v) is 2.44. The molecular formula is C10H24N2O. The summed E-state index contributed by atoms with van der Waals surface area (Å²) in [5.41, 5.74) is 10.4. The van der Waals surface area contributed by atoms with Crippen LogP contribution in [0, 0.1) is 0 Å². The van der Waals surface area contributed by atoms with Crippen LogP contribution in [0.5, 0.6) is 0 Å². The van der Waals surface area contributed by atoms with E-state index in [-0.39, 0.29) is 6.04 Å². The first kappa shape index (κ1) is 12.9. The average molecular weight is 188 g/mol. The van der Waals surface area contributed by atoms with Crippen molar-refractivity contribution in [3.63, 3.8) is 0 Å². The largest absolute Gasteiger partial charge is 0.374 e. The Bertz CT molecular complexity index is 126. The molecule has 5 N–H and O–H groups in total. The van der Waals surface area contributed by atoms with Gasteiger partial charge in [0, 0.05) is 6.04 Å². The monoisotopic (exact) mass is 188 g/mol. The lowest BCUT2D eigenvalue weighted by atomic mass is 9.95. The SMILES string of the molecule is CCCCC(N)C(N)(O)CCCC. The van der Waals surface area contributed by atoms with Crippen LogP contribution in [-0.2, 0) is 0 Å².